The third kappa shape index (κ3) is 2.88. The van der Waals surface area contributed by atoms with E-state index < -0.39 is 0 Å². The summed E-state index contributed by atoms with van der Waals surface area (Å²) in [5, 5.41) is 12.4. The maximum Gasteiger partial charge on any atom is 0.224 e. The van der Waals surface area contributed by atoms with E-state index in [-0.39, 0.29) is 24.6 Å². The molecule has 1 aliphatic heterocycles. The van der Waals surface area contributed by atoms with Gasteiger partial charge in [-0.1, -0.05) is 6.07 Å². The minimum absolute atomic E-state index is 0.00405. The van der Waals surface area contributed by atoms with Gasteiger partial charge < -0.3 is 19.7 Å². The number of amides is 1. The second-order valence-electron chi connectivity index (χ2n) is 5.45. The number of nitrogens with one attached hydrogen (secondary N) is 1. The fourth-order valence-corrected chi connectivity index (χ4v) is 2.89. The number of hydrogen-bond acceptors (Lipinski definition) is 5. The molecule has 0 aliphatic carbocycles. The van der Waals surface area contributed by atoms with E-state index in [1.165, 1.54) is 0 Å². The smallest absolute Gasteiger partial charge is 0.224 e. The van der Waals surface area contributed by atoms with Crippen molar-refractivity contribution in [3.8, 4) is 0 Å². The molecule has 2 atom stereocenters. The second kappa shape index (κ2) is 6.29. The van der Waals surface area contributed by atoms with Crippen molar-refractivity contribution < 1.29 is 14.3 Å². The lowest BCUT2D eigenvalue weighted by Gasteiger charge is -2.25. The Kier molecular flexibility index (Phi) is 4.22. The number of carbonyl (C=O) groups excluding carboxylic acids is 1. The van der Waals surface area contributed by atoms with Crippen molar-refractivity contribution in [3.05, 3.63) is 53.7 Å². The summed E-state index contributed by atoms with van der Waals surface area (Å²) >= 11 is 0. The third-order valence-electron chi connectivity index (χ3n) is 4.02. The average Bonchev–Trinajstić information content (AvgIpc) is 3.11. The van der Waals surface area contributed by atoms with Crippen LogP contribution in [0.5, 0.6) is 0 Å². The second-order valence-corrected chi connectivity index (χ2v) is 5.45. The van der Waals surface area contributed by atoms with Crippen LogP contribution < -0.4 is 5.32 Å². The van der Waals surface area contributed by atoms with E-state index in [0.29, 0.717) is 18.7 Å². The highest BCUT2D eigenvalue weighted by Gasteiger charge is 2.38. The molecule has 0 unspecified atom stereocenters. The number of aliphatic hydroxyl groups excluding tert-OH is 1. The maximum absolute atomic E-state index is 12.0. The molecule has 1 fully saturated rings. The molecular weight excluding hydrogens is 282 g/mol. The lowest BCUT2D eigenvalue weighted by atomic mass is 10.0. The maximum atomic E-state index is 12.0. The Hall–Kier alpha value is -2.18. The molecule has 3 heterocycles. The highest BCUT2D eigenvalue weighted by molar-refractivity contribution is 5.80. The number of likely N-dealkylation sites (N-methyl/N-ethyl adjacent to an activating group) is 1. The predicted octanol–water partition coefficient (Wildman–Crippen LogP) is 1.23. The van der Waals surface area contributed by atoms with Crippen LogP contribution in [-0.2, 0) is 17.9 Å². The predicted molar refractivity (Wildman–Crippen MR) is 79.6 cm³/mol. The van der Waals surface area contributed by atoms with Crippen LogP contribution in [0.25, 0.3) is 0 Å². The topological polar surface area (TPSA) is 78.6 Å². The minimum Gasteiger partial charge on any atom is -0.462 e. The van der Waals surface area contributed by atoms with Gasteiger partial charge in [-0.2, -0.15) is 0 Å². The van der Waals surface area contributed by atoms with Crippen LogP contribution >= 0.6 is 0 Å². The first-order chi connectivity index (χ1) is 10.7. The molecule has 116 valence electrons. The largest absolute Gasteiger partial charge is 0.462 e. The lowest BCUT2D eigenvalue weighted by Crippen LogP contribution is -2.34. The van der Waals surface area contributed by atoms with Gasteiger partial charge in [0.25, 0.3) is 0 Å². The molecule has 0 radical (unpaired) electrons. The molecule has 1 amide bonds. The van der Waals surface area contributed by atoms with Crippen LogP contribution in [0.4, 0.5) is 0 Å². The first kappa shape index (κ1) is 14.7. The highest BCUT2D eigenvalue weighted by Crippen LogP contribution is 2.31. The van der Waals surface area contributed by atoms with Crippen LogP contribution in [0.2, 0.25) is 0 Å². The van der Waals surface area contributed by atoms with E-state index in [1.54, 1.807) is 23.4 Å². The number of aromatic nitrogens is 1. The average molecular weight is 301 g/mol. The zero-order chi connectivity index (χ0) is 15.5. The quantitative estimate of drug-likeness (QED) is 0.868. The van der Waals surface area contributed by atoms with Gasteiger partial charge in [-0.25, -0.2) is 0 Å². The fourth-order valence-electron chi connectivity index (χ4n) is 2.89. The highest BCUT2D eigenvalue weighted by atomic mass is 16.4. The monoisotopic (exact) mass is 301 g/mol. The number of pyridine rings is 1. The molecular formula is C16H19N3O3. The van der Waals surface area contributed by atoms with E-state index >= 15 is 0 Å². The lowest BCUT2D eigenvalue weighted by molar-refractivity contribution is -0.127. The summed E-state index contributed by atoms with van der Waals surface area (Å²) in [6.45, 7) is 0.408. The molecule has 0 saturated carbocycles. The number of likely N-dealkylation sites (tertiary alicyclic amines) is 1. The van der Waals surface area contributed by atoms with Crippen LogP contribution in [-0.4, -0.2) is 34.0 Å². The summed E-state index contributed by atoms with van der Waals surface area (Å²) in [6.07, 6.45) is 3.97. The zero-order valence-corrected chi connectivity index (χ0v) is 12.4. The van der Waals surface area contributed by atoms with Crippen molar-refractivity contribution >= 4 is 5.91 Å². The molecule has 2 aromatic rings. The Balaban J connectivity index is 1.72. The first-order valence-electron chi connectivity index (χ1n) is 7.26. The van der Waals surface area contributed by atoms with Crippen LogP contribution in [0, 0.1) is 0 Å². The Morgan fingerprint density at radius 1 is 1.41 bits per heavy atom. The number of rotatable bonds is 5. The first-order valence-corrected chi connectivity index (χ1v) is 7.26. The Morgan fingerprint density at radius 2 is 2.23 bits per heavy atom. The summed E-state index contributed by atoms with van der Waals surface area (Å²) < 4.78 is 5.46. The standard InChI is InChI=1S/C16H19N3O3/c1-19-15(21)7-14(16(19)11-3-2-6-17-8-11)18-9-12-4-5-13(10-20)22-12/h2-6,8,14,16,18,20H,7,9-10H2,1H3/t14-,16+/m1/s1. The van der Waals surface area contributed by atoms with Gasteiger partial charge in [-0.3, -0.25) is 9.78 Å². The molecule has 22 heavy (non-hydrogen) atoms. The Morgan fingerprint density at radius 3 is 2.91 bits per heavy atom. The molecule has 0 aromatic carbocycles. The van der Waals surface area contributed by atoms with Crippen molar-refractivity contribution in [1.29, 1.82) is 0 Å². The number of furan rings is 1. The van der Waals surface area contributed by atoms with Crippen molar-refractivity contribution in [1.82, 2.24) is 15.2 Å². The van der Waals surface area contributed by atoms with E-state index in [0.717, 1.165) is 11.3 Å². The van der Waals surface area contributed by atoms with Crippen molar-refractivity contribution in [2.24, 2.45) is 0 Å². The van der Waals surface area contributed by atoms with E-state index in [2.05, 4.69) is 10.3 Å². The van der Waals surface area contributed by atoms with Crippen LogP contribution in [0.1, 0.15) is 29.5 Å². The van der Waals surface area contributed by atoms with Gasteiger partial charge in [0, 0.05) is 31.9 Å². The van der Waals surface area contributed by atoms with Gasteiger partial charge in [0.1, 0.15) is 18.1 Å². The fraction of sp³-hybridized carbons (Fsp3) is 0.375. The van der Waals surface area contributed by atoms with E-state index in [9.17, 15) is 4.79 Å². The van der Waals surface area contributed by atoms with Crippen molar-refractivity contribution in [2.45, 2.75) is 31.7 Å². The summed E-state index contributed by atoms with van der Waals surface area (Å²) in [7, 11) is 1.82. The summed E-state index contributed by atoms with van der Waals surface area (Å²) in [4.78, 5) is 17.9. The number of aliphatic hydroxyl groups is 1. The van der Waals surface area contributed by atoms with Crippen LogP contribution in [0.15, 0.2) is 41.1 Å². The molecule has 6 nitrogen and oxygen atoms in total. The number of carbonyl (C=O) groups is 1. The van der Waals surface area contributed by atoms with Crippen LogP contribution in [0.3, 0.4) is 0 Å². The molecule has 1 saturated heterocycles. The van der Waals surface area contributed by atoms with Crippen molar-refractivity contribution in [2.75, 3.05) is 7.05 Å². The van der Waals surface area contributed by atoms with Gasteiger partial charge in [0.15, 0.2) is 0 Å². The zero-order valence-electron chi connectivity index (χ0n) is 12.4. The van der Waals surface area contributed by atoms with Gasteiger partial charge in [-0.15, -0.1) is 0 Å². The normalized spacial score (nSPS) is 21.5. The molecule has 0 bridgehead atoms. The van der Waals surface area contributed by atoms with Gasteiger partial charge in [0.05, 0.1) is 12.6 Å². The Labute approximate surface area is 128 Å². The summed E-state index contributed by atoms with van der Waals surface area (Å²) in [5.41, 5.74) is 1.02. The Bertz CT molecular complexity index is 641. The van der Waals surface area contributed by atoms with E-state index in [1.807, 2.05) is 25.2 Å². The molecule has 2 aromatic heterocycles. The molecule has 3 rings (SSSR count). The number of nitrogens with zero attached hydrogens (tertiary/aromatic N) is 2. The van der Waals surface area contributed by atoms with Gasteiger partial charge >= 0.3 is 0 Å². The molecule has 2 N–H and O–H groups in total. The van der Waals surface area contributed by atoms with E-state index in [4.69, 9.17) is 9.52 Å². The SMILES string of the molecule is CN1C(=O)C[C@@H](NCc2ccc(CO)o2)[C@@H]1c1cccnc1. The summed E-state index contributed by atoms with van der Waals surface area (Å²) in [5.74, 6) is 1.40. The third-order valence-corrected chi connectivity index (χ3v) is 4.02. The minimum atomic E-state index is -0.108. The van der Waals surface area contributed by atoms with Gasteiger partial charge in [-0.05, 0) is 23.8 Å². The van der Waals surface area contributed by atoms with Crippen molar-refractivity contribution in [3.63, 3.8) is 0 Å². The molecule has 6 heteroatoms. The number of hydrogen-bond donors (Lipinski definition) is 2. The summed E-state index contributed by atoms with van der Waals surface area (Å²) in [6, 6.07) is 7.42. The van der Waals surface area contributed by atoms with Gasteiger partial charge in [0.2, 0.25) is 5.91 Å². The molecule has 0 spiro atoms. The molecule has 1 aliphatic rings.